The van der Waals surface area contributed by atoms with Crippen LogP contribution >= 0.6 is 0 Å². The molecule has 2 rings (SSSR count). The van der Waals surface area contributed by atoms with Gasteiger partial charge in [-0.05, 0) is 39.5 Å². The summed E-state index contributed by atoms with van der Waals surface area (Å²) in [5, 5.41) is 9.23. The maximum Gasteiger partial charge on any atom is 0.410 e. The molecular weight excluding hydrogens is 234 g/mol. The number of carbonyl (C=O) groups is 1. The van der Waals surface area contributed by atoms with Gasteiger partial charge < -0.3 is 19.5 Å². The zero-order valence-electron chi connectivity index (χ0n) is 11.4. The van der Waals surface area contributed by atoms with Crippen molar-refractivity contribution in [2.45, 2.75) is 51.4 Å². The van der Waals surface area contributed by atoms with E-state index < -0.39 is 5.60 Å². The largest absolute Gasteiger partial charge is 0.444 e. The molecule has 1 aliphatic carbocycles. The van der Waals surface area contributed by atoms with Crippen LogP contribution in [0.1, 0.15) is 33.6 Å². The number of hydrogen-bond acceptors (Lipinski definition) is 4. The second-order valence-electron chi connectivity index (χ2n) is 6.17. The Morgan fingerprint density at radius 1 is 1.44 bits per heavy atom. The van der Waals surface area contributed by atoms with Crippen LogP contribution in [0.2, 0.25) is 0 Å². The van der Waals surface area contributed by atoms with Crippen LogP contribution in [0.15, 0.2) is 0 Å². The van der Waals surface area contributed by atoms with Crippen molar-refractivity contribution in [3.63, 3.8) is 0 Å². The van der Waals surface area contributed by atoms with E-state index >= 15 is 0 Å². The van der Waals surface area contributed by atoms with Crippen LogP contribution in [-0.2, 0) is 9.47 Å². The second-order valence-corrected chi connectivity index (χ2v) is 6.17. The van der Waals surface area contributed by atoms with E-state index in [-0.39, 0.29) is 30.8 Å². The Hall–Kier alpha value is -0.810. The van der Waals surface area contributed by atoms with Gasteiger partial charge in [0.2, 0.25) is 0 Å². The molecule has 0 aromatic heterocycles. The van der Waals surface area contributed by atoms with Crippen molar-refractivity contribution >= 4 is 6.09 Å². The van der Waals surface area contributed by atoms with Crippen molar-refractivity contribution < 1.29 is 19.4 Å². The number of rotatable bonds is 1. The van der Waals surface area contributed by atoms with E-state index in [2.05, 4.69) is 0 Å². The number of hydrogen-bond donors (Lipinski definition) is 1. The van der Waals surface area contributed by atoms with Gasteiger partial charge in [-0.1, -0.05) is 0 Å². The second kappa shape index (κ2) is 5.05. The molecule has 3 atom stereocenters. The summed E-state index contributed by atoms with van der Waals surface area (Å²) in [4.78, 5) is 13.9. The molecule has 0 aromatic rings. The third-order valence-electron chi connectivity index (χ3n) is 3.52. The zero-order chi connectivity index (χ0) is 13.3. The average molecular weight is 257 g/mol. The highest BCUT2D eigenvalue weighted by atomic mass is 16.6. The molecule has 0 radical (unpaired) electrons. The van der Waals surface area contributed by atoms with Gasteiger partial charge in [-0.25, -0.2) is 4.79 Å². The quantitative estimate of drug-likeness (QED) is 0.771. The maximum atomic E-state index is 12.1. The number of morpholine rings is 1. The molecule has 0 spiro atoms. The van der Waals surface area contributed by atoms with Crippen LogP contribution in [-0.4, -0.2) is 53.6 Å². The third-order valence-corrected chi connectivity index (χ3v) is 3.52. The van der Waals surface area contributed by atoms with E-state index in [1.807, 2.05) is 20.8 Å². The molecule has 1 saturated carbocycles. The molecule has 0 bridgehead atoms. The number of fused-ring (bicyclic) bond motifs is 1. The minimum absolute atomic E-state index is 0.0587. The summed E-state index contributed by atoms with van der Waals surface area (Å²) in [5.41, 5.74) is -0.472. The van der Waals surface area contributed by atoms with Crippen LogP contribution < -0.4 is 0 Å². The van der Waals surface area contributed by atoms with Gasteiger partial charge in [0.05, 0.1) is 18.8 Å². The molecule has 1 heterocycles. The highest BCUT2D eigenvalue weighted by Gasteiger charge is 2.43. The van der Waals surface area contributed by atoms with Crippen LogP contribution in [0.3, 0.4) is 0 Å². The van der Waals surface area contributed by atoms with Gasteiger partial charge >= 0.3 is 6.09 Å². The maximum absolute atomic E-state index is 12.1. The number of carbonyl (C=O) groups excluding carboxylic acids is 1. The molecule has 0 unspecified atom stereocenters. The SMILES string of the molecule is CC(C)(C)OC(=O)N1CCO[C@@H]2C[C@H](CO)C[C@@H]21. The standard InChI is InChI=1S/C13H23NO4/c1-13(2,3)18-12(16)14-4-5-17-11-7-9(8-15)6-10(11)14/h9-11,15H,4-8H2,1-3H3/t9-,10+,11-/m1/s1. The van der Waals surface area contributed by atoms with Crippen LogP contribution in [0, 0.1) is 5.92 Å². The normalized spacial score (nSPS) is 32.2. The van der Waals surface area contributed by atoms with Crippen LogP contribution in [0.5, 0.6) is 0 Å². The van der Waals surface area contributed by atoms with E-state index in [1.54, 1.807) is 4.90 Å². The highest BCUT2D eigenvalue weighted by molar-refractivity contribution is 5.68. The Morgan fingerprint density at radius 3 is 2.78 bits per heavy atom. The first-order valence-corrected chi connectivity index (χ1v) is 6.63. The molecular formula is C13H23NO4. The Morgan fingerprint density at radius 2 is 2.17 bits per heavy atom. The van der Waals surface area contributed by atoms with Gasteiger partial charge in [-0.15, -0.1) is 0 Å². The van der Waals surface area contributed by atoms with Crippen molar-refractivity contribution in [1.29, 1.82) is 0 Å². The Bertz CT molecular complexity index is 313. The van der Waals surface area contributed by atoms with Crippen molar-refractivity contribution in [3.8, 4) is 0 Å². The van der Waals surface area contributed by atoms with Crippen molar-refractivity contribution in [2.24, 2.45) is 5.92 Å². The summed E-state index contributed by atoms with van der Waals surface area (Å²) in [7, 11) is 0. The number of aliphatic hydroxyl groups is 1. The van der Waals surface area contributed by atoms with Gasteiger partial charge in [0.1, 0.15) is 5.60 Å². The molecule has 1 amide bonds. The Labute approximate surface area is 108 Å². The lowest BCUT2D eigenvalue weighted by Gasteiger charge is -2.38. The molecule has 5 heteroatoms. The van der Waals surface area contributed by atoms with Crippen LogP contribution in [0.4, 0.5) is 4.79 Å². The molecule has 5 nitrogen and oxygen atoms in total. The first-order chi connectivity index (χ1) is 8.40. The fraction of sp³-hybridized carbons (Fsp3) is 0.923. The molecule has 2 fully saturated rings. The predicted octanol–water partition coefficient (Wildman–Crippen LogP) is 1.39. The molecule has 1 saturated heterocycles. The number of nitrogens with zero attached hydrogens (tertiary/aromatic N) is 1. The smallest absolute Gasteiger partial charge is 0.410 e. The predicted molar refractivity (Wildman–Crippen MR) is 66.3 cm³/mol. The first-order valence-electron chi connectivity index (χ1n) is 6.63. The van der Waals surface area contributed by atoms with E-state index in [9.17, 15) is 9.90 Å². The molecule has 104 valence electrons. The Balaban J connectivity index is 2.02. The number of ether oxygens (including phenoxy) is 2. The van der Waals surface area contributed by atoms with Gasteiger partial charge in [0, 0.05) is 13.2 Å². The molecule has 1 N–H and O–H groups in total. The van der Waals surface area contributed by atoms with Crippen molar-refractivity contribution in [1.82, 2.24) is 4.90 Å². The molecule has 0 aromatic carbocycles. The van der Waals surface area contributed by atoms with E-state index in [0.717, 1.165) is 12.8 Å². The van der Waals surface area contributed by atoms with Gasteiger partial charge in [0.15, 0.2) is 0 Å². The van der Waals surface area contributed by atoms with Crippen LogP contribution in [0.25, 0.3) is 0 Å². The third kappa shape index (κ3) is 2.95. The number of amides is 1. The van der Waals surface area contributed by atoms with Crippen molar-refractivity contribution in [2.75, 3.05) is 19.8 Å². The van der Waals surface area contributed by atoms with Crippen molar-refractivity contribution in [3.05, 3.63) is 0 Å². The summed E-state index contributed by atoms with van der Waals surface area (Å²) >= 11 is 0. The lowest BCUT2D eigenvalue weighted by Crippen LogP contribution is -2.52. The van der Waals surface area contributed by atoms with E-state index in [1.165, 1.54) is 0 Å². The highest BCUT2D eigenvalue weighted by Crippen LogP contribution is 2.34. The lowest BCUT2D eigenvalue weighted by molar-refractivity contribution is -0.0635. The van der Waals surface area contributed by atoms with Gasteiger partial charge in [0.25, 0.3) is 0 Å². The minimum atomic E-state index is -0.472. The zero-order valence-corrected chi connectivity index (χ0v) is 11.4. The molecule has 1 aliphatic heterocycles. The van der Waals surface area contributed by atoms with Gasteiger partial charge in [-0.2, -0.15) is 0 Å². The fourth-order valence-electron chi connectivity index (χ4n) is 2.75. The minimum Gasteiger partial charge on any atom is -0.444 e. The number of aliphatic hydroxyl groups excluding tert-OH is 1. The topological polar surface area (TPSA) is 59.0 Å². The summed E-state index contributed by atoms with van der Waals surface area (Å²) in [5.74, 6) is 0.239. The fourth-order valence-corrected chi connectivity index (χ4v) is 2.75. The summed E-state index contributed by atoms with van der Waals surface area (Å²) < 4.78 is 11.1. The Kier molecular flexibility index (Phi) is 3.82. The monoisotopic (exact) mass is 257 g/mol. The molecule has 18 heavy (non-hydrogen) atoms. The average Bonchev–Trinajstić information content (AvgIpc) is 2.68. The van der Waals surface area contributed by atoms with Gasteiger partial charge in [-0.3, -0.25) is 0 Å². The first kappa shape index (κ1) is 13.6. The van der Waals surface area contributed by atoms with E-state index in [0.29, 0.717) is 13.2 Å². The summed E-state index contributed by atoms with van der Waals surface area (Å²) in [6.07, 6.45) is 1.43. The summed E-state index contributed by atoms with van der Waals surface area (Å²) in [6, 6.07) is 0.0609. The summed E-state index contributed by atoms with van der Waals surface area (Å²) in [6.45, 7) is 6.90. The molecule has 2 aliphatic rings. The lowest BCUT2D eigenvalue weighted by atomic mass is 10.1. The van der Waals surface area contributed by atoms with E-state index in [4.69, 9.17) is 9.47 Å².